The van der Waals surface area contributed by atoms with Gasteiger partial charge in [-0.25, -0.2) is 0 Å². The molecule has 0 bridgehead atoms. The molecule has 0 aromatic heterocycles. The Morgan fingerprint density at radius 1 is 0.913 bits per heavy atom. The van der Waals surface area contributed by atoms with E-state index in [1.165, 1.54) is 0 Å². The fourth-order valence-electron chi connectivity index (χ4n) is 3.75. The molecule has 0 spiro atoms. The summed E-state index contributed by atoms with van der Waals surface area (Å²) < 4.78 is 5.27. The van der Waals surface area contributed by atoms with E-state index in [0.29, 0.717) is 45.9 Å². The van der Waals surface area contributed by atoms with E-state index < -0.39 is 5.54 Å². The highest BCUT2D eigenvalue weighted by molar-refractivity contribution is 5.86. The standard InChI is InChI=1S/C16H28N4O3/c17-16(3-1-2-4-16)15(22)20-7-5-18(6-8-20)13-14(21)19-9-11-23-12-10-19/h1-13,17H2. The van der Waals surface area contributed by atoms with E-state index in [1.54, 1.807) is 0 Å². The van der Waals surface area contributed by atoms with Gasteiger partial charge in [0.2, 0.25) is 11.8 Å². The maximum Gasteiger partial charge on any atom is 0.242 e. The van der Waals surface area contributed by atoms with E-state index in [1.807, 2.05) is 9.80 Å². The molecule has 0 aromatic rings. The molecule has 0 unspecified atom stereocenters. The number of hydrogen-bond acceptors (Lipinski definition) is 5. The Morgan fingerprint density at radius 2 is 1.52 bits per heavy atom. The summed E-state index contributed by atoms with van der Waals surface area (Å²) in [5.74, 6) is 0.272. The number of morpholine rings is 1. The largest absolute Gasteiger partial charge is 0.378 e. The van der Waals surface area contributed by atoms with E-state index in [-0.39, 0.29) is 11.8 Å². The number of hydrogen-bond donors (Lipinski definition) is 1. The third-order valence-corrected chi connectivity index (χ3v) is 5.30. The van der Waals surface area contributed by atoms with Crippen molar-refractivity contribution in [1.29, 1.82) is 0 Å². The second-order valence-corrected chi connectivity index (χ2v) is 6.92. The maximum atomic E-state index is 12.6. The minimum Gasteiger partial charge on any atom is -0.378 e. The Balaban J connectivity index is 1.44. The van der Waals surface area contributed by atoms with Crippen molar-refractivity contribution in [3.05, 3.63) is 0 Å². The lowest BCUT2D eigenvalue weighted by Gasteiger charge is -2.39. The van der Waals surface area contributed by atoms with Crippen LogP contribution in [0.25, 0.3) is 0 Å². The fraction of sp³-hybridized carbons (Fsp3) is 0.875. The van der Waals surface area contributed by atoms with Crippen LogP contribution in [-0.2, 0) is 14.3 Å². The second kappa shape index (κ2) is 7.15. The number of piperazine rings is 1. The summed E-state index contributed by atoms with van der Waals surface area (Å²) in [6, 6.07) is 0. The van der Waals surface area contributed by atoms with E-state index in [4.69, 9.17) is 10.5 Å². The van der Waals surface area contributed by atoms with Crippen molar-refractivity contribution < 1.29 is 14.3 Å². The predicted octanol–water partition coefficient (Wildman–Crippen LogP) is -0.739. The molecule has 2 heterocycles. The zero-order valence-corrected chi connectivity index (χ0v) is 13.8. The van der Waals surface area contributed by atoms with Crippen LogP contribution in [0.2, 0.25) is 0 Å². The van der Waals surface area contributed by atoms with Gasteiger partial charge >= 0.3 is 0 Å². The van der Waals surface area contributed by atoms with Gasteiger partial charge in [-0.15, -0.1) is 0 Å². The van der Waals surface area contributed by atoms with Crippen LogP contribution >= 0.6 is 0 Å². The van der Waals surface area contributed by atoms with E-state index >= 15 is 0 Å². The van der Waals surface area contributed by atoms with Gasteiger partial charge in [0.25, 0.3) is 0 Å². The average Bonchev–Trinajstić information content (AvgIpc) is 3.03. The highest BCUT2D eigenvalue weighted by atomic mass is 16.5. The molecule has 0 atom stereocenters. The number of nitrogens with zero attached hydrogens (tertiary/aromatic N) is 3. The number of carbonyl (C=O) groups excluding carboxylic acids is 2. The van der Waals surface area contributed by atoms with Gasteiger partial charge < -0.3 is 20.3 Å². The van der Waals surface area contributed by atoms with Gasteiger partial charge in [-0.05, 0) is 12.8 Å². The first-order valence-corrected chi connectivity index (χ1v) is 8.75. The summed E-state index contributed by atoms with van der Waals surface area (Å²) in [5.41, 5.74) is 5.64. The van der Waals surface area contributed by atoms with Crippen LogP contribution in [0.1, 0.15) is 25.7 Å². The van der Waals surface area contributed by atoms with Crippen LogP contribution in [0, 0.1) is 0 Å². The first-order valence-electron chi connectivity index (χ1n) is 8.75. The number of ether oxygens (including phenoxy) is 1. The number of carbonyl (C=O) groups is 2. The molecule has 3 rings (SSSR count). The van der Waals surface area contributed by atoms with Crippen LogP contribution in [0.15, 0.2) is 0 Å². The Hall–Kier alpha value is -1.18. The zero-order valence-electron chi connectivity index (χ0n) is 13.8. The second-order valence-electron chi connectivity index (χ2n) is 6.92. The van der Waals surface area contributed by atoms with Crippen molar-refractivity contribution in [3.63, 3.8) is 0 Å². The summed E-state index contributed by atoms with van der Waals surface area (Å²) >= 11 is 0. The van der Waals surface area contributed by atoms with E-state index in [9.17, 15) is 9.59 Å². The highest BCUT2D eigenvalue weighted by Crippen LogP contribution is 2.29. The molecule has 3 fully saturated rings. The van der Waals surface area contributed by atoms with Crippen LogP contribution in [0.5, 0.6) is 0 Å². The highest BCUT2D eigenvalue weighted by Gasteiger charge is 2.40. The SMILES string of the molecule is NC1(C(=O)N2CCN(CC(=O)N3CCOCC3)CC2)CCCC1. The van der Waals surface area contributed by atoms with Gasteiger partial charge in [-0.1, -0.05) is 12.8 Å². The molecule has 7 nitrogen and oxygen atoms in total. The smallest absolute Gasteiger partial charge is 0.242 e. The molecule has 2 amide bonds. The number of nitrogens with two attached hydrogens (primary N) is 1. The van der Waals surface area contributed by atoms with Crippen LogP contribution in [0.4, 0.5) is 0 Å². The molecule has 130 valence electrons. The minimum absolute atomic E-state index is 0.106. The molecule has 1 saturated carbocycles. The van der Waals surface area contributed by atoms with Crippen LogP contribution in [-0.4, -0.2) is 91.1 Å². The van der Waals surface area contributed by atoms with Gasteiger partial charge in [-0.3, -0.25) is 14.5 Å². The number of rotatable bonds is 3. The zero-order chi connectivity index (χ0) is 16.3. The van der Waals surface area contributed by atoms with Crippen LogP contribution < -0.4 is 5.73 Å². The Kier molecular flexibility index (Phi) is 5.18. The van der Waals surface area contributed by atoms with Crippen molar-refractivity contribution >= 4 is 11.8 Å². The van der Waals surface area contributed by atoms with Crippen molar-refractivity contribution in [2.24, 2.45) is 5.73 Å². The monoisotopic (exact) mass is 324 g/mol. The molecule has 23 heavy (non-hydrogen) atoms. The van der Waals surface area contributed by atoms with Gasteiger partial charge in [0.1, 0.15) is 0 Å². The molecule has 0 aromatic carbocycles. The first kappa shape index (κ1) is 16.7. The Morgan fingerprint density at radius 3 is 2.13 bits per heavy atom. The molecule has 1 aliphatic carbocycles. The normalized spacial score (nSPS) is 25.6. The van der Waals surface area contributed by atoms with Crippen LogP contribution in [0.3, 0.4) is 0 Å². The maximum absolute atomic E-state index is 12.6. The summed E-state index contributed by atoms with van der Waals surface area (Å²) in [4.78, 5) is 30.8. The Bertz CT molecular complexity index is 437. The summed E-state index contributed by atoms with van der Waals surface area (Å²) in [5, 5.41) is 0. The van der Waals surface area contributed by atoms with E-state index in [0.717, 1.165) is 38.8 Å². The molecular formula is C16H28N4O3. The number of amides is 2. The molecule has 2 aliphatic heterocycles. The summed E-state index contributed by atoms with van der Waals surface area (Å²) in [6.45, 7) is 5.92. The minimum atomic E-state index is -0.633. The van der Waals surface area contributed by atoms with Crippen molar-refractivity contribution in [1.82, 2.24) is 14.7 Å². The predicted molar refractivity (Wildman–Crippen MR) is 85.8 cm³/mol. The van der Waals surface area contributed by atoms with Gasteiger partial charge in [0, 0.05) is 39.3 Å². The molecule has 2 N–H and O–H groups in total. The lowest BCUT2D eigenvalue weighted by Crippen LogP contribution is -2.59. The molecule has 0 radical (unpaired) electrons. The summed E-state index contributed by atoms with van der Waals surface area (Å²) in [7, 11) is 0. The van der Waals surface area contributed by atoms with Gasteiger partial charge in [0.15, 0.2) is 0 Å². The van der Waals surface area contributed by atoms with Gasteiger partial charge in [-0.2, -0.15) is 0 Å². The summed E-state index contributed by atoms with van der Waals surface area (Å²) in [6.07, 6.45) is 3.72. The lowest BCUT2D eigenvalue weighted by atomic mass is 9.97. The van der Waals surface area contributed by atoms with Crippen molar-refractivity contribution in [2.45, 2.75) is 31.2 Å². The first-order chi connectivity index (χ1) is 11.1. The average molecular weight is 324 g/mol. The lowest BCUT2D eigenvalue weighted by molar-refractivity contribution is -0.140. The molecular weight excluding hydrogens is 296 g/mol. The van der Waals surface area contributed by atoms with Crippen molar-refractivity contribution in [3.8, 4) is 0 Å². The van der Waals surface area contributed by atoms with E-state index in [2.05, 4.69) is 4.90 Å². The third-order valence-electron chi connectivity index (χ3n) is 5.30. The molecule has 7 heteroatoms. The van der Waals surface area contributed by atoms with Crippen molar-refractivity contribution in [2.75, 3.05) is 59.0 Å². The topological polar surface area (TPSA) is 79.1 Å². The Labute approximate surface area is 137 Å². The fourth-order valence-corrected chi connectivity index (χ4v) is 3.75. The van der Waals surface area contributed by atoms with Gasteiger partial charge in [0.05, 0.1) is 25.3 Å². The quantitative estimate of drug-likeness (QED) is 0.740. The third kappa shape index (κ3) is 3.84. The molecule has 3 aliphatic rings. The molecule has 2 saturated heterocycles.